The van der Waals surface area contributed by atoms with Crippen molar-refractivity contribution in [2.24, 2.45) is 0 Å². The molecular formula is C19H28N2O4S. The van der Waals surface area contributed by atoms with Crippen LogP contribution in [0.2, 0.25) is 0 Å². The molecule has 3 unspecified atom stereocenters. The third-order valence-electron chi connectivity index (χ3n) is 5.18. The predicted octanol–water partition coefficient (Wildman–Crippen LogP) is 1.53. The molecule has 1 amide bonds. The molecule has 3 atom stereocenters. The Labute approximate surface area is 155 Å². The first-order chi connectivity index (χ1) is 12.3. The maximum Gasteiger partial charge on any atom is 0.261 e. The summed E-state index contributed by atoms with van der Waals surface area (Å²) < 4.78 is 30.1. The lowest BCUT2D eigenvalue weighted by Gasteiger charge is -2.35. The van der Waals surface area contributed by atoms with Gasteiger partial charge in [-0.1, -0.05) is 18.6 Å². The van der Waals surface area contributed by atoms with Crippen LogP contribution in [-0.4, -0.2) is 62.0 Å². The smallest absolute Gasteiger partial charge is 0.261 e. The number of aryl methyl sites for hydroxylation is 1. The fourth-order valence-corrected chi connectivity index (χ4v) is 5.78. The molecule has 7 heteroatoms. The molecule has 0 aromatic heterocycles. The van der Waals surface area contributed by atoms with E-state index in [1.807, 2.05) is 31.2 Å². The monoisotopic (exact) mass is 380 g/mol. The first-order valence-electron chi connectivity index (χ1n) is 9.32. The van der Waals surface area contributed by atoms with Gasteiger partial charge in [-0.15, -0.1) is 0 Å². The number of hydrogen-bond acceptors (Lipinski definition) is 5. The zero-order chi connectivity index (χ0) is 18.7. The van der Waals surface area contributed by atoms with Crippen molar-refractivity contribution in [1.29, 1.82) is 0 Å². The van der Waals surface area contributed by atoms with Gasteiger partial charge in [-0.3, -0.25) is 9.69 Å². The van der Waals surface area contributed by atoms with Crippen LogP contribution in [-0.2, 0) is 14.6 Å². The van der Waals surface area contributed by atoms with E-state index in [2.05, 4.69) is 10.2 Å². The van der Waals surface area contributed by atoms with Crippen molar-refractivity contribution >= 4 is 15.7 Å². The molecule has 26 heavy (non-hydrogen) atoms. The number of amides is 1. The first-order valence-corrected chi connectivity index (χ1v) is 11.1. The molecule has 2 aliphatic rings. The Morgan fingerprint density at radius 3 is 2.65 bits per heavy atom. The zero-order valence-electron chi connectivity index (χ0n) is 15.5. The molecule has 2 heterocycles. The van der Waals surface area contributed by atoms with Gasteiger partial charge in [-0.25, -0.2) is 8.42 Å². The number of nitrogens with zero attached hydrogens (tertiary/aromatic N) is 1. The molecule has 3 rings (SSSR count). The van der Waals surface area contributed by atoms with Crippen LogP contribution in [0.5, 0.6) is 5.75 Å². The van der Waals surface area contributed by atoms with Gasteiger partial charge in [0.2, 0.25) is 0 Å². The van der Waals surface area contributed by atoms with Crippen LogP contribution in [0.15, 0.2) is 24.3 Å². The van der Waals surface area contributed by atoms with E-state index in [0.29, 0.717) is 5.75 Å². The predicted molar refractivity (Wildman–Crippen MR) is 101 cm³/mol. The Morgan fingerprint density at radius 2 is 1.96 bits per heavy atom. The summed E-state index contributed by atoms with van der Waals surface area (Å²) in [5, 5.41) is 2.93. The Bertz CT molecular complexity index is 744. The van der Waals surface area contributed by atoms with Gasteiger partial charge in [-0.2, -0.15) is 0 Å². The van der Waals surface area contributed by atoms with Crippen LogP contribution >= 0.6 is 0 Å². The SMILES string of the molecule is Cc1cccc(OC(C)C(=O)NC2CS(=O)(=O)CC2N2CCCCC2)c1. The molecule has 6 nitrogen and oxygen atoms in total. The Hall–Kier alpha value is -1.60. The molecular weight excluding hydrogens is 352 g/mol. The normalized spacial score (nSPS) is 27.0. The third-order valence-corrected chi connectivity index (χ3v) is 6.90. The van der Waals surface area contributed by atoms with Gasteiger partial charge in [0.05, 0.1) is 17.5 Å². The number of carbonyl (C=O) groups is 1. The molecule has 0 spiro atoms. The molecule has 1 aromatic rings. The molecule has 1 aromatic carbocycles. The summed E-state index contributed by atoms with van der Waals surface area (Å²) in [6, 6.07) is 7.04. The number of piperidine rings is 1. The van der Waals surface area contributed by atoms with Crippen molar-refractivity contribution < 1.29 is 17.9 Å². The molecule has 0 bridgehead atoms. The van der Waals surface area contributed by atoms with Crippen LogP contribution in [0, 0.1) is 6.92 Å². The average Bonchev–Trinajstić information content (AvgIpc) is 2.90. The number of ether oxygens (including phenoxy) is 1. The lowest BCUT2D eigenvalue weighted by Crippen LogP contribution is -2.54. The Kier molecular flexibility index (Phi) is 5.87. The average molecular weight is 381 g/mol. The van der Waals surface area contributed by atoms with E-state index in [-0.39, 0.29) is 29.5 Å². The minimum Gasteiger partial charge on any atom is -0.481 e. The second-order valence-electron chi connectivity index (χ2n) is 7.43. The van der Waals surface area contributed by atoms with Crippen molar-refractivity contribution in [2.45, 2.75) is 51.3 Å². The van der Waals surface area contributed by atoms with Crippen molar-refractivity contribution in [3.8, 4) is 5.75 Å². The number of hydrogen-bond donors (Lipinski definition) is 1. The summed E-state index contributed by atoms with van der Waals surface area (Å²) in [5.41, 5.74) is 1.06. The minimum absolute atomic E-state index is 0.0110. The van der Waals surface area contributed by atoms with Gasteiger partial charge in [0, 0.05) is 6.04 Å². The van der Waals surface area contributed by atoms with Crippen LogP contribution < -0.4 is 10.1 Å². The number of benzene rings is 1. The van der Waals surface area contributed by atoms with Gasteiger partial charge >= 0.3 is 0 Å². The molecule has 2 saturated heterocycles. The summed E-state index contributed by atoms with van der Waals surface area (Å²) in [5.74, 6) is 0.511. The van der Waals surface area contributed by atoms with E-state index < -0.39 is 15.9 Å². The van der Waals surface area contributed by atoms with E-state index >= 15 is 0 Å². The van der Waals surface area contributed by atoms with Crippen LogP contribution in [0.25, 0.3) is 0 Å². The highest BCUT2D eigenvalue weighted by molar-refractivity contribution is 7.91. The maximum atomic E-state index is 12.6. The fourth-order valence-electron chi connectivity index (χ4n) is 3.82. The number of likely N-dealkylation sites (tertiary alicyclic amines) is 1. The molecule has 2 fully saturated rings. The quantitative estimate of drug-likeness (QED) is 0.838. The van der Waals surface area contributed by atoms with Gasteiger partial charge in [0.1, 0.15) is 5.75 Å². The Balaban J connectivity index is 1.64. The summed E-state index contributed by atoms with van der Waals surface area (Å²) in [4.78, 5) is 14.8. The topological polar surface area (TPSA) is 75.7 Å². The summed E-state index contributed by atoms with van der Waals surface area (Å²) in [6.07, 6.45) is 2.69. The van der Waals surface area contributed by atoms with Crippen molar-refractivity contribution in [2.75, 3.05) is 24.6 Å². The second-order valence-corrected chi connectivity index (χ2v) is 9.59. The van der Waals surface area contributed by atoms with E-state index in [9.17, 15) is 13.2 Å². The molecule has 2 aliphatic heterocycles. The highest BCUT2D eigenvalue weighted by Gasteiger charge is 2.42. The minimum atomic E-state index is -3.13. The summed E-state index contributed by atoms with van der Waals surface area (Å²) in [6.45, 7) is 5.46. The second kappa shape index (κ2) is 7.96. The highest BCUT2D eigenvalue weighted by Crippen LogP contribution is 2.23. The van der Waals surface area contributed by atoms with Gasteiger partial charge in [0.25, 0.3) is 5.91 Å². The first kappa shape index (κ1) is 19.2. The molecule has 0 saturated carbocycles. The molecule has 1 N–H and O–H groups in total. The standard InChI is InChI=1S/C19H28N2O4S/c1-14-7-6-8-16(11-14)25-15(2)19(22)20-17-12-26(23,24)13-18(17)21-9-4-3-5-10-21/h6-8,11,15,17-18H,3-5,9-10,12-13H2,1-2H3,(H,20,22). The zero-order valence-corrected chi connectivity index (χ0v) is 16.3. The lowest BCUT2D eigenvalue weighted by atomic mass is 10.0. The molecule has 0 radical (unpaired) electrons. The number of rotatable bonds is 5. The van der Waals surface area contributed by atoms with Gasteiger partial charge in [-0.05, 0) is 57.5 Å². The van der Waals surface area contributed by atoms with Crippen LogP contribution in [0.1, 0.15) is 31.7 Å². The third kappa shape index (κ3) is 4.76. The molecule has 0 aliphatic carbocycles. The maximum absolute atomic E-state index is 12.6. The van der Waals surface area contributed by atoms with E-state index in [4.69, 9.17) is 4.74 Å². The van der Waals surface area contributed by atoms with Crippen molar-refractivity contribution in [1.82, 2.24) is 10.2 Å². The van der Waals surface area contributed by atoms with E-state index in [1.54, 1.807) is 6.92 Å². The van der Waals surface area contributed by atoms with E-state index in [1.165, 1.54) is 6.42 Å². The van der Waals surface area contributed by atoms with Gasteiger partial charge < -0.3 is 10.1 Å². The lowest BCUT2D eigenvalue weighted by molar-refractivity contribution is -0.128. The van der Waals surface area contributed by atoms with Crippen LogP contribution in [0.3, 0.4) is 0 Å². The van der Waals surface area contributed by atoms with Crippen LogP contribution in [0.4, 0.5) is 0 Å². The van der Waals surface area contributed by atoms with Crippen molar-refractivity contribution in [3.63, 3.8) is 0 Å². The number of sulfone groups is 1. The fraction of sp³-hybridized carbons (Fsp3) is 0.632. The Morgan fingerprint density at radius 1 is 1.23 bits per heavy atom. The summed E-state index contributed by atoms with van der Waals surface area (Å²) in [7, 11) is -3.13. The largest absolute Gasteiger partial charge is 0.481 e. The van der Waals surface area contributed by atoms with Crippen molar-refractivity contribution in [3.05, 3.63) is 29.8 Å². The molecule has 144 valence electrons. The van der Waals surface area contributed by atoms with E-state index in [0.717, 1.165) is 31.5 Å². The van der Waals surface area contributed by atoms with Gasteiger partial charge in [0.15, 0.2) is 15.9 Å². The summed E-state index contributed by atoms with van der Waals surface area (Å²) >= 11 is 0. The highest BCUT2D eigenvalue weighted by atomic mass is 32.2. The number of nitrogens with one attached hydrogen (secondary N) is 1. The number of carbonyl (C=O) groups excluding carboxylic acids is 1.